The van der Waals surface area contributed by atoms with Crippen LogP contribution in [0.15, 0.2) is 36.5 Å². The predicted molar refractivity (Wildman–Crippen MR) is 94.3 cm³/mol. The Morgan fingerprint density at radius 2 is 1.75 bits per heavy atom. The van der Waals surface area contributed by atoms with Crippen molar-refractivity contribution in [2.75, 3.05) is 28.6 Å². The number of carbonyl (C=O) groups is 2. The molecular weight excluding hydrogens is 306 g/mol. The number of hydrogen-bond donors (Lipinski definition) is 2. The molecule has 0 aliphatic rings. The first-order valence-electron chi connectivity index (χ1n) is 7.80. The highest BCUT2D eigenvalue weighted by atomic mass is 16.2. The number of nitrogens with zero attached hydrogens (tertiary/aromatic N) is 3. The fraction of sp³-hybridized carbons (Fsp3) is 0.294. The van der Waals surface area contributed by atoms with E-state index in [-0.39, 0.29) is 17.5 Å². The first-order chi connectivity index (χ1) is 11.5. The summed E-state index contributed by atoms with van der Waals surface area (Å²) in [6.07, 6.45) is 1.57. The Kier molecular flexibility index (Phi) is 5.83. The molecule has 0 fully saturated rings. The van der Waals surface area contributed by atoms with Crippen LogP contribution in [0.1, 0.15) is 31.3 Å². The van der Waals surface area contributed by atoms with E-state index in [9.17, 15) is 9.59 Å². The standard InChI is InChI=1S/C17H21N5O2/c1-4-22(5-2)17-18-10-9-15(21-17)16(24)20-14-8-6-7-13(11-14)19-12(3)23/h6-11H,4-5H2,1-3H3,(H,19,23)(H,20,24). The van der Waals surface area contributed by atoms with Crippen molar-refractivity contribution in [3.63, 3.8) is 0 Å². The quantitative estimate of drug-likeness (QED) is 0.851. The Morgan fingerprint density at radius 1 is 1.08 bits per heavy atom. The van der Waals surface area contributed by atoms with Gasteiger partial charge in [-0.1, -0.05) is 6.07 Å². The molecule has 0 unspecified atom stereocenters. The Balaban J connectivity index is 2.15. The number of hydrogen-bond acceptors (Lipinski definition) is 5. The molecule has 2 aromatic rings. The average Bonchev–Trinajstić information content (AvgIpc) is 2.56. The van der Waals surface area contributed by atoms with Gasteiger partial charge in [0.1, 0.15) is 5.69 Å². The summed E-state index contributed by atoms with van der Waals surface area (Å²) in [5, 5.41) is 5.45. The SMILES string of the molecule is CCN(CC)c1nccc(C(=O)Nc2cccc(NC(C)=O)c2)n1. The molecule has 24 heavy (non-hydrogen) atoms. The molecule has 0 saturated carbocycles. The zero-order chi connectivity index (χ0) is 17.5. The van der Waals surface area contributed by atoms with Gasteiger partial charge in [-0.15, -0.1) is 0 Å². The van der Waals surface area contributed by atoms with Gasteiger partial charge < -0.3 is 15.5 Å². The maximum absolute atomic E-state index is 12.4. The largest absolute Gasteiger partial charge is 0.341 e. The van der Waals surface area contributed by atoms with Gasteiger partial charge >= 0.3 is 0 Å². The van der Waals surface area contributed by atoms with E-state index in [0.717, 1.165) is 13.1 Å². The third kappa shape index (κ3) is 4.52. The summed E-state index contributed by atoms with van der Waals surface area (Å²) >= 11 is 0. The second-order valence-electron chi connectivity index (χ2n) is 5.13. The van der Waals surface area contributed by atoms with E-state index in [4.69, 9.17) is 0 Å². The highest BCUT2D eigenvalue weighted by molar-refractivity contribution is 6.03. The van der Waals surface area contributed by atoms with Gasteiger partial charge in [-0.05, 0) is 38.1 Å². The molecule has 0 radical (unpaired) electrons. The lowest BCUT2D eigenvalue weighted by molar-refractivity contribution is -0.114. The van der Waals surface area contributed by atoms with E-state index < -0.39 is 0 Å². The minimum atomic E-state index is -0.328. The molecule has 2 rings (SSSR count). The molecule has 0 aliphatic carbocycles. The molecule has 0 atom stereocenters. The molecule has 1 heterocycles. The van der Waals surface area contributed by atoms with Gasteiger partial charge in [0, 0.05) is 37.6 Å². The summed E-state index contributed by atoms with van der Waals surface area (Å²) in [5.41, 5.74) is 1.48. The Bertz CT molecular complexity index is 728. The van der Waals surface area contributed by atoms with Crippen molar-refractivity contribution in [2.45, 2.75) is 20.8 Å². The van der Waals surface area contributed by atoms with Crippen molar-refractivity contribution < 1.29 is 9.59 Å². The summed E-state index contributed by atoms with van der Waals surface area (Å²) < 4.78 is 0. The lowest BCUT2D eigenvalue weighted by atomic mass is 10.2. The first kappa shape index (κ1) is 17.4. The van der Waals surface area contributed by atoms with E-state index in [1.165, 1.54) is 6.92 Å². The van der Waals surface area contributed by atoms with Crippen LogP contribution in [0.3, 0.4) is 0 Å². The van der Waals surface area contributed by atoms with E-state index in [2.05, 4.69) is 20.6 Å². The molecule has 0 saturated heterocycles. The monoisotopic (exact) mass is 327 g/mol. The zero-order valence-electron chi connectivity index (χ0n) is 14.0. The van der Waals surface area contributed by atoms with Gasteiger partial charge in [0.25, 0.3) is 5.91 Å². The van der Waals surface area contributed by atoms with Gasteiger partial charge in [-0.25, -0.2) is 9.97 Å². The molecule has 7 nitrogen and oxygen atoms in total. The number of amides is 2. The van der Waals surface area contributed by atoms with Gasteiger partial charge in [-0.2, -0.15) is 0 Å². The zero-order valence-corrected chi connectivity index (χ0v) is 14.0. The number of carbonyl (C=O) groups excluding carboxylic acids is 2. The highest BCUT2D eigenvalue weighted by Crippen LogP contribution is 2.16. The number of anilines is 3. The molecule has 2 N–H and O–H groups in total. The van der Waals surface area contributed by atoms with Gasteiger partial charge in [0.05, 0.1) is 0 Å². The van der Waals surface area contributed by atoms with E-state index in [1.54, 1.807) is 36.5 Å². The molecule has 0 bridgehead atoms. The van der Waals surface area contributed by atoms with Crippen molar-refractivity contribution in [2.24, 2.45) is 0 Å². The third-order valence-corrected chi connectivity index (χ3v) is 3.36. The van der Waals surface area contributed by atoms with Crippen LogP contribution in [0.25, 0.3) is 0 Å². The fourth-order valence-electron chi connectivity index (χ4n) is 2.21. The normalized spacial score (nSPS) is 10.1. The molecule has 1 aromatic heterocycles. The Labute approximate surface area is 141 Å². The van der Waals surface area contributed by atoms with Crippen molar-refractivity contribution in [1.29, 1.82) is 0 Å². The van der Waals surface area contributed by atoms with Gasteiger partial charge in [0.15, 0.2) is 0 Å². The first-order valence-corrected chi connectivity index (χ1v) is 7.80. The number of aromatic nitrogens is 2. The minimum absolute atomic E-state index is 0.168. The van der Waals surface area contributed by atoms with Crippen LogP contribution in [-0.4, -0.2) is 34.9 Å². The van der Waals surface area contributed by atoms with Crippen LogP contribution in [0.4, 0.5) is 17.3 Å². The lowest BCUT2D eigenvalue weighted by Gasteiger charge is -2.18. The summed E-state index contributed by atoms with van der Waals surface area (Å²) in [6, 6.07) is 8.50. The van der Waals surface area contributed by atoms with Crippen LogP contribution in [-0.2, 0) is 4.79 Å². The summed E-state index contributed by atoms with van der Waals surface area (Å²) in [7, 11) is 0. The van der Waals surface area contributed by atoms with Crippen LogP contribution in [0.5, 0.6) is 0 Å². The van der Waals surface area contributed by atoms with Crippen molar-refractivity contribution in [1.82, 2.24) is 9.97 Å². The maximum Gasteiger partial charge on any atom is 0.274 e. The van der Waals surface area contributed by atoms with E-state index >= 15 is 0 Å². The molecular formula is C17H21N5O2. The van der Waals surface area contributed by atoms with Crippen LogP contribution in [0.2, 0.25) is 0 Å². The minimum Gasteiger partial charge on any atom is -0.341 e. The molecule has 126 valence electrons. The second-order valence-corrected chi connectivity index (χ2v) is 5.13. The van der Waals surface area contributed by atoms with Gasteiger partial charge in [-0.3, -0.25) is 9.59 Å². The topological polar surface area (TPSA) is 87.2 Å². The smallest absolute Gasteiger partial charge is 0.274 e. The van der Waals surface area contributed by atoms with Crippen molar-refractivity contribution in [3.8, 4) is 0 Å². The Morgan fingerprint density at radius 3 is 2.38 bits per heavy atom. The number of nitrogens with one attached hydrogen (secondary N) is 2. The predicted octanol–water partition coefficient (Wildman–Crippen LogP) is 2.53. The Hall–Kier alpha value is -2.96. The molecule has 1 aromatic carbocycles. The number of benzene rings is 1. The lowest BCUT2D eigenvalue weighted by Crippen LogP contribution is -2.25. The van der Waals surface area contributed by atoms with Crippen LogP contribution >= 0.6 is 0 Å². The summed E-state index contributed by atoms with van der Waals surface area (Å²) in [5.74, 6) is 0.0311. The summed E-state index contributed by atoms with van der Waals surface area (Å²) in [6.45, 7) is 6.97. The molecule has 0 aliphatic heterocycles. The number of rotatable bonds is 6. The van der Waals surface area contributed by atoms with Crippen molar-refractivity contribution in [3.05, 3.63) is 42.2 Å². The van der Waals surface area contributed by atoms with E-state index in [0.29, 0.717) is 17.3 Å². The maximum atomic E-state index is 12.4. The van der Waals surface area contributed by atoms with Gasteiger partial charge in [0.2, 0.25) is 11.9 Å². The third-order valence-electron chi connectivity index (χ3n) is 3.36. The van der Waals surface area contributed by atoms with E-state index in [1.807, 2.05) is 18.7 Å². The van der Waals surface area contributed by atoms with Crippen LogP contribution < -0.4 is 15.5 Å². The van der Waals surface area contributed by atoms with Crippen molar-refractivity contribution >= 4 is 29.1 Å². The molecule has 0 spiro atoms. The fourth-order valence-corrected chi connectivity index (χ4v) is 2.21. The average molecular weight is 327 g/mol. The molecule has 7 heteroatoms. The van der Waals surface area contributed by atoms with Crippen LogP contribution in [0, 0.1) is 0 Å². The second kappa shape index (κ2) is 8.05. The molecule has 2 amide bonds. The highest BCUT2D eigenvalue weighted by Gasteiger charge is 2.12. The summed E-state index contributed by atoms with van der Waals surface area (Å²) in [4.78, 5) is 34.0.